The minimum Gasteiger partial charge on any atom is -0.494 e. The van der Waals surface area contributed by atoms with E-state index in [1.807, 2.05) is 48.7 Å². The summed E-state index contributed by atoms with van der Waals surface area (Å²) in [6, 6.07) is 22.7. The van der Waals surface area contributed by atoms with Gasteiger partial charge in [-0.1, -0.05) is 42.5 Å². The molecule has 0 fully saturated rings. The first-order chi connectivity index (χ1) is 19.4. The van der Waals surface area contributed by atoms with Gasteiger partial charge in [0.15, 0.2) is 11.6 Å². The number of nitrogens with zero attached hydrogens (tertiary/aromatic N) is 2. The van der Waals surface area contributed by atoms with Gasteiger partial charge in [-0.25, -0.2) is 23.2 Å². The Kier molecular flexibility index (Phi) is 7.94. The van der Waals surface area contributed by atoms with Gasteiger partial charge in [-0.2, -0.15) is 0 Å². The molecule has 0 saturated heterocycles. The summed E-state index contributed by atoms with van der Waals surface area (Å²) in [5.74, 6) is 0.181. The van der Waals surface area contributed by atoms with Crippen LogP contribution in [0.5, 0.6) is 5.75 Å². The molecule has 2 N–H and O–H groups in total. The fraction of sp³-hybridized carbons (Fsp3) is 0.138. The molecular weight excluding hydrogens is 548 g/mol. The average molecular weight is 575 g/mol. The number of benzene rings is 3. The number of carbonyl (C=O) groups excluding carboxylic acids is 1. The van der Waals surface area contributed by atoms with Gasteiger partial charge in [-0.05, 0) is 55.8 Å². The summed E-state index contributed by atoms with van der Waals surface area (Å²) in [5, 5.41) is 5.46. The van der Waals surface area contributed by atoms with Crippen LogP contribution < -0.4 is 14.8 Å². The van der Waals surface area contributed by atoms with Gasteiger partial charge < -0.3 is 14.8 Å². The highest BCUT2D eigenvalue weighted by Gasteiger charge is 2.24. The third-order valence-electron chi connectivity index (χ3n) is 5.83. The third-order valence-corrected chi connectivity index (χ3v) is 8.08. The summed E-state index contributed by atoms with van der Waals surface area (Å²) >= 11 is 1.28. The average Bonchev–Trinajstić information content (AvgIpc) is 3.38. The second-order valence-corrected chi connectivity index (χ2v) is 11.0. The van der Waals surface area contributed by atoms with Gasteiger partial charge in [-0.15, -0.1) is 11.3 Å². The maximum absolute atomic E-state index is 13.3. The molecule has 0 spiro atoms. The summed E-state index contributed by atoms with van der Waals surface area (Å²) in [7, 11) is -4.04. The van der Waals surface area contributed by atoms with Crippen molar-refractivity contribution in [3.63, 3.8) is 0 Å². The number of hydrogen-bond acceptors (Lipinski definition) is 9. The molecule has 0 aliphatic carbocycles. The maximum Gasteiger partial charge on any atom is 0.341 e. The number of hydrogen-bond donors (Lipinski definition) is 2. The van der Waals surface area contributed by atoms with Crippen molar-refractivity contribution in [2.75, 3.05) is 23.3 Å². The summed E-state index contributed by atoms with van der Waals surface area (Å²) in [6.07, 6.45) is 0. The number of sulfonamides is 1. The molecule has 0 aliphatic rings. The van der Waals surface area contributed by atoms with E-state index in [1.54, 1.807) is 37.3 Å². The molecule has 40 heavy (non-hydrogen) atoms. The molecule has 3 aromatic carbocycles. The highest BCUT2D eigenvalue weighted by atomic mass is 32.2. The van der Waals surface area contributed by atoms with Crippen molar-refractivity contribution < 1.29 is 22.7 Å². The minimum absolute atomic E-state index is 0.0166. The second kappa shape index (κ2) is 11.7. The van der Waals surface area contributed by atoms with Crippen LogP contribution in [-0.4, -0.2) is 37.6 Å². The van der Waals surface area contributed by atoms with Crippen LogP contribution in [0.15, 0.2) is 89.1 Å². The third kappa shape index (κ3) is 5.75. The number of rotatable bonds is 10. The van der Waals surface area contributed by atoms with Crippen LogP contribution in [0.25, 0.3) is 22.2 Å². The fourth-order valence-corrected chi connectivity index (χ4v) is 5.99. The molecule has 0 atom stereocenters. The molecule has 0 radical (unpaired) electrons. The van der Waals surface area contributed by atoms with Gasteiger partial charge in [0.2, 0.25) is 0 Å². The van der Waals surface area contributed by atoms with E-state index < -0.39 is 16.0 Å². The first-order valence-electron chi connectivity index (χ1n) is 12.5. The van der Waals surface area contributed by atoms with Crippen LogP contribution in [0, 0.1) is 0 Å². The lowest BCUT2D eigenvalue weighted by Gasteiger charge is -2.14. The Labute approximate surface area is 235 Å². The Morgan fingerprint density at radius 1 is 0.850 bits per heavy atom. The zero-order valence-electron chi connectivity index (χ0n) is 21.7. The van der Waals surface area contributed by atoms with Crippen LogP contribution in [0.3, 0.4) is 0 Å². The highest BCUT2D eigenvalue weighted by Crippen LogP contribution is 2.39. The van der Waals surface area contributed by atoms with E-state index in [2.05, 4.69) is 20.0 Å². The number of ether oxygens (including phenoxy) is 2. The van der Waals surface area contributed by atoms with Crippen molar-refractivity contribution in [2.45, 2.75) is 18.7 Å². The molecule has 11 heteroatoms. The van der Waals surface area contributed by atoms with E-state index in [0.717, 1.165) is 5.56 Å². The first-order valence-corrected chi connectivity index (χ1v) is 14.9. The molecule has 204 valence electrons. The Morgan fingerprint density at radius 2 is 1.50 bits per heavy atom. The van der Waals surface area contributed by atoms with Gasteiger partial charge >= 0.3 is 5.97 Å². The topological polar surface area (TPSA) is 120 Å². The van der Waals surface area contributed by atoms with Crippen LogP contribution in [0.1, 0.15) is 24.2 Å². The van der Waals surface area contributed by atoms with E-state index in [1.165, 1.54) is 23.5 Å². The fourth-order valence-electron chi connectivity index (χ4n) is 4.02. The molecule has 0 unspecified atom stereocenters. The summed E-state index contributed by atoms with van der Waals surface area (Å²) in [5.41, 5.74) is 2.91. The van der Waals surface area contributed by atoms with Gasteiger partial charge in [0.25, 0.3) is 10.0 Å². The van der Waals surface area contributed by atoms with Crippen LogP contribution in [0.2, 0.25) is 0 Å². The van der Waals surface area contributed by atoms with Gasteiger partial charge in [0.05, 0.1) is 29.1 Å². The molecule has 2 heterocycles. The molecule has 0 saturated carbocycles. The zero-order valence-corrected chi connectivity index (χ0v) is 23.4. The molecule has 9 nitrogen and oxygen atoms in total. The lowest BCUT2D eigenvalue weighted by molar-refractivity contribution is 0.0529. The quantitative estimate of drug-likeness (QED) is 0.182. The number of carbonyl (C=O) groups is 1. The molecule has 0 aliphatic heterocycles. The predicted octanol–water partition coefficient (Wildman–Crippen LogP) is 6.48. The number of anilines is 3. The molecular formula is C29H26N4O5S2. The van der Waals surface area contributed by atoms with E-state index in [-0.39, 0.29) is 23.1 Å². The largest absolute Gasteiger partial charge is 0.494 e. The zero-order chi connectivity index (χ0) is 28.1. The first kappa shape index (κ1) is 27.1. The van der Waals surface area contributed by atoms with Gasteiger partial charge in [0.1, 0.15) is 16.3 Å². The molecule has 5 aromatic rings. The number of nitrogens with one attached hydrogen (secondary N) is 2. The number of aromatic nitrogens is 2. The predicted molar refractivity (Wildman–Crippen MR) is 157 cm³/mol. The Bertz CT molecular complexity index is 1760. The van der Waals surface area contributed by atoms with E-state index in [0.29, 0.717) is 39.5 Å². The Balaban J connectivity index is 1.57. The molecule has 0 bridgehead atoms. The smallest absolute Gasteiger partial charge is 0.341 e. The van der Waals surface area contributed by atoms with Crippen LogP contribution >= 0.6 is 11.3 Å². The van der Waals surface area contributed by atoms with Crippen molar-refractivity contribution in [2.24, 2.45) is 0 Å². The molecule has 2 aromatic heterocycles. The summed E-state index contributed by atoms with van der Waals surface area (Å²) in [6.45, 7) is 4.25. The van der Waals surface area contributed by atoms with Gasteiger partial charge in [-0.3, -0.25) is 4.72 Å². The van der Waals surface area contributed by atoms with Crippen molar-refractivity contribution >= 4 is 55.0 Å². The number of esters is 1. The highest BCUT2D eigenvalue weighted by molar-refractivity contribution is 7.92. The van der Waals surface area contributed by atoms with E-state index >= 15 is 0 Å². The Hall–Kier alpha value is -4.48. The standard InChI is InChI=1S/C29H26N4O5S2/c1-3-37-20-14-16-21(17-15-20)40(35,36)33-27-26(30-23-12-8-9-13-24(23)31-27)32-28-25(29(34)38-4-2)22(18-39-28)19-10-6-5-7-11-19/h5-18H,3-4H2,1-2H3,(H,30,32)(H,31,33). The van der Waals surface area contributed by atoms with Gasteiger partial charge in [0, 0.05) is 10.9 Å². The summed E-state index contributed by atoms with van der Waals surface area (Å²) in [4.78, 5) is 22.3. The lowest BCUT2D eigenvalue weighted by atomic mass is 10.0. The van der Waals surface area contributed by atoms with Crippen LogP contribution in [-0.2, 0) is 14.8 Å². The van der Waals surface area contributed by atoms with Crippen molar-refractivity contribution in [3.8, 4) is 16.9 Å². The molecule has 0 amide bonds. The van der Waals surface area contributed by atoms with Crippen molar-refractivity contribution in [3.05, 3.63) is 89.8 Å². The molecule has 5 rings (SSSR count). The van der Waals surface area contributed by atoms with Crippen molar-refractivity contribution in [1.82, 2.24) is 9.97 Å². The van der Waals surface area contributed by atoms with Crippen molar-refractivity contribution in [1.29, 1.82) is 0 Å². The number of thiophene rings is 1. The second-order valence-electron chi connectivity index (χ2n) is 8.48. The maximum atomic E-state index is 13.3. The summed E-state index contributed by atoms with van der Waals surface area (Å²) < 4.78 is 40.0. The minimum atomic E-state index is -4.04. The van der Waals surface area contributed by atoms with Crippen LogP contribution in [0.4, 0.5) is 16.6 Å². The monoisotopic (exact) mass is 574 g/mol. The lowest BCUT2D eigenvalue weighted by Crippen LogP contribution is -2.16. The number of fused-ring (bicyclic) bond motifs is 1. The normalized spacial score (nSPS) is 11.2. The SMILES string of the molecule is CCOC(=O)c1c(-c2ccccc2)csc1Nc1nc2ccccc2nc1NS(=O)(=O)c1ccc(OCC)cc1. The van der Waals surface area contributed by atoms with E-state index in [9.17, 15) is 13.2 Å². The number of para-hydroxylation sites is 2. The van der Waals surface area contributed by atoms with E-state index in [4.69, 9.17) is 9.47 Å². The Morgan fingerprint density at radius 3 is 2.15 bits per heavy atom.